The molecule has 2 aromatic carbocycles. The Hall–Kier alpha value is -2.81. The monoisotopic (exact) mass is 624 g/mol. The lowest BCUT2D eigenvalue weighted by Crippen LogP contribution is -2.59. The van der Waals surface area contributed by atoms with Crippen molar-refractivity contribution in [2.45, 2.75) is 72.2 Å². The van der Waals surface area contributed by atoms with Gasteiger partial charge >= 0.3 is 0 Å². The highest BCUT2D eigenvalue weighted by atomic mass is 35.5. The van der Waals surface area contributed by atoms with Gasteiger partial charge in [0.1, 0.15) is 18.2 Å². The van der Waals surface area contributed by atoms with Gasteiger partial charge in [-0.2, -0.15) is 0 Å². The minimum Gasteiger partial charge on any atom is -0.484 e. The standard InChI is InChI=1S/C33H42Cl2N6O2/c1-18-15-41(16-19(2)36-18)32(39-27-12-21-11-25(20(27)3)33(21,4)5)37-23-8-9-24-28(14-23)38-30(40(6)31(24)42)17-43-29-10-7-22(34)13-26(29)35/h7-10,13-14,18-21,25,27,36H,11-12,15-17H2,1-6H3,(H,37,39)/t18-,19+,20-,21-,25+,27?/m0/s1. The summed E-state index contributed by atoms with van der Waals surface area (Å²) in [7, 11) is 1.71. The van der Waals surface area contributed by atoms with Crippen LogP contribution in [0.1, 0.15) is 53.3 Å². The van der Waals surface area contributed by atoms with Crippen LogP contribution < -0.4 is 20.9 Å². The van der Waals surface area contributed by atoms with E-state index >= 15 is 0 Å². The molecule has 8 nitrogen and oxygen atoms in total. The van der Waals surface area contributed by atoms with Gasteiger partial charge in [-0.15, -0.1) is 0 Å². The molecule has 10 heteroatoms. The van der Waals surface area contributed by atoms with Crippen molar-refractivity contribution in [1.82, 2.24) is 19.8 Å². The number of ether oxygens (including phenoxy) is 1. The fraction of sp³-hybridized carbons (Fsp3) is 0.545. The molecule has 1 unspecified atom stereocenters. The lowest BCUT2D eigenvalue weighted by atomic mass is 9.45. The summed E-state index contributed by atoms with van der Waals surface area (Å²) in [5.41, 5.74) is 1.73. The zero-order valence-corrected chi connectivity index (χ0v) is 27.3. The Morgan fingerprint density at radius 1 is 1.12 bits per heavy atom. The molecule has 1 aromatic heterocycles. The summed E-state index contributed by atoms with van der Waals surface area (Å²) in [6, 6.07) is 11.8. The van der Waals surface area contributed by atoms with Crippen LogP contribution in [0.3, 0.4) is 0 Å². The van der Waals surface area contributed by atoms with Crippen LogP contribution in [0, 0.1) is 23.2 Å². The largest absolute Gasteiger partial charge is 0.484 e. The average Bonchev–Trinajstić information content (AvgIpc) is 2.94. The van der Waals surface area contributed by atoms with Crippen LogP contribution in [0.4, 0.5) is 5.69 Å². The molecule has 3 saturated carbocycles. The Kier molecular flexibility index (Phi) is 8.16. The molecule has 2 N–H and O–H groups in total. The molecule has 43 heavy (non-hydrogen) atoms. The van der Waals surface area contributed by atoms with E-state index < -0.39 is 0 Å². The summed E-state index contributed by atoms with van der Waals surface area (Å²) < 4.78 is 7.44. The summed E-state index contributed by atoms with van der Waals surface area (Å²) >= 11 is 12.3. The maximum Gasteiger partial charge on any atom is 0.261 e. The van der Waals surface area contributed by atoms with E-state index in [1.807, 2.05) is 18.2 Å². The van der Waals surface area contributed by atoms with E-state index in [-0.39, 0.29) is 18.2 Å². The molecule has 3 aromatic rings. The van der Waals surface area contributed by atoms with Crippen LogP contribution in [-0.2, 0) is 13.7 Å². The number of fused-ring (bicyclic) bond motifs is 3. The van der Waals surface area contributed by atoms with Crippen molar-refractivity contribution in [1.29, 1.82) is 0 Å². The van der Waals surface area contributed by atoms with Crippen LogP contribution in [-0.4, -0.2) is 51.6 Å². The number of benzene rings is 2. The van der Waals surface area contributed by atoms with E-state index in [0.717, 1.165) is 37.1 Å². The van der Waals surface area contributed by atoms with E-state index in [1.165, 1.54) is 11.0 Å². The van der Waals surface area contributed by atoms with Gasteiger partial charge in [-0.25, -0.2) is 9.98 Å². The Balaban J connectivity index is 1.30. The van der Waals surface area contributed by atoms with Gasteiger partial charge < -0.3 is 20.3 Å². The number of hydrogen-bond acceptors (Lipinski definition) is 5. The molecule has 4 fully saturated rings. The van der Waals surface area contributed by atoms with Crippen LogP contribution in [0.2, 0.25) is 10.0 Å². The molecule has 0 spiro atoms. The predicted octanol–water partition coefficient (Wildman–Crippen LogP) is 6.34. The summed E-state index contributed by atoms with van der Waals surface area (Å²) in [4.78, 5) is 25.9. The van der Waals surface area contributed by atoms with E-state index in [1.54, 1.807) is 25.2 Å². The molecule has 230 valence electrons. The number of rotatable bonds is 5. The van der Waals surface area contributed by atoms with E-state index in [0.29, 0.717) is 61.9 Å². The maximum atomic E-state index is 13.3. The average molecular weight is 626 g/mol. The third kappa shape index (κ3) is 5.86. The highest BCUT2D eigenvalue weighted by molar-refractivity contribution is 6.35. The molecule has 0 amide bonds. The van der Waals surface area contributed by atoms with Gasteiger partial charge in [-0.1, -0.05) is 44.0 Å². The van der Waals surface area contributed by atoms with Gasteiger partial charge in [-0.05, 0) is 86.3 Å². The molecule has 1 aliphatic heterocycles. The van der Waals surface area contributed by atoms with Crippen molar-refractivity contribution in [2.75, 3.05) is 18.4 Å². The second-order valence-corrected chi connectivity index (χ2v) is 14.3. The molecule has 2 heterocycles. The van der Waals surface area contributed by atoms with Gasteiger partial charge in [0.05, 0.1) is 22.0 Å². The Bertz CT molecular complexity index is 1610. The molecular formula is C33H42Cl2N6O2. The van der Waals surface area contributed by atoms with Crippen LogP contribution in [0.25, 0.3) is 10.9 Å². The van der Waals surface area contributed by atoms with E-state index in [9.17, 15) is 4.79 Å². The number of anilines is 1. The highest BCUT2D eigenvalue weighted by Crippen LogP contribution is 2.61. The Morgan fingerprint density at radius 2 is 1.86 bits per heavy atom. The molecule has 0 radical (unpaired) electrons. The van der Waals surface area contributed by atoms with Crippen molar-refractivity contribution < 1.29 is 4.74 Å². The molecule has 6 atom stereocenters. The maximum absolute atomic E-state index is 13.3. The zero-order valence-electron chi connectivity index (χ0n) is 25.8. The van der Waals surface area contributed by atoms with Gasteiger partial charge in [0, 0.05) is 42.9 Å². The van der Waals surface area contributed by atoms with Gasteiger partial charge in [0.25, 0.3) is 5.56 Å². The Morgan fingerprint density at radius 3 is 2.53 bits per heavy atom. The second kappa shape index (κ2) is 11.6. The van der Waals surface area contributed by atoms with Crippen molar-refractivity contribution in [3.8, 4) is 5.75 Å². The Labute approximate surface area is 263 Å². The van der Waals surface area contributed by atoms with Crippen LogP contribution >= 0.6 is 23.2 Å². The zero-order chi connectivity index (χ0) is 30.6. The minimum absolute atomic E-state index is 0.0855. The topological polar surface area (TPSA) is 83.8 Å². The van der Waals surface area contributed by atoms with Gasteiger partial charge in [0.2, 0.25) is 0 Å². The molecule has 2 bridgehead atoms. The fourth-order valence-electron chi connectivity index (χ4n) is 7.53. The van der Waals surface area contributed by atoms with Crippen molar-refractivity contribution in [3.05, 3.63) is 62.6 Å². The van der Waals surface area contributed by atoms with Crippen LogP contribution in [0.5, 0.6) is 5.75 Å². The van der Waals surface area contributed by atoms with Crippen molar-refractivity contribution >= 4 is 45.8 Å². The number of nitrogens with zero attached hydrogens (tertiary/aromatic N) is 4. The molecular weight excluding hydrogens is 583 g/mol. The lowest BCUT2D eigenvalue weighted by molar-refractivity contribution is -0.108. The lowest BCUT2D eigenvalue weighted by Gasteiger charge is -2.61. The molecule has 1 saturated heterocycles. The molecule has 4 aliphatic rings. The first-order valence-electron chi connectivity index (χ1n) is 15.3. The smallest absolute Gasteiger partial charge is 0.261 e. The third-order valence-electron chi connectivity index (χ3n) is 10.1. The SMILES string of the molecule is C[C@@H]1CN(C(=NC2C[C@@H]3C[C@H]([C@@H]2C)C3(C)C)Nc2ccc3c(=O)n(C)c(COc4ccc(Cl)cc4Cl)nc3c2)C[C@H](C)N1. The van der Waals surface area contributed by atoms with Crippen molar-refractivity contribution in [3.63, 3.8) is 0 Å². The number of halogens is 2. The third-order valence-corrected chi connectivity index (χ3v) is 10.7. The second-order valence-electron chi connectivity index (χ2n) is 13.5. The number of hydrogen-bond donors (Lipinski definition) is 2. The number of guanidine groups is 1. The fourth-order valence-corrected chi connectivity index (χ4v) is 7.99. The first-order chi connectivity index (χ1) is 20.4. The summed E-state index contributed by atoms with van der Waals surface area (Å²) in [5, 5.41) is 8.78. The first-order valence-corrected chi connectivity index (χ1v) is 16.1. The van der Waals surface area contributed by atoms with E-state index in [4.69, 9.17) is 37.9 Å². The first kappa shape index (κ1) is 30.2. The van der Waals surface area contributed by atoms with Crippen molar-refractivity contribution in [2.24, 2.45) is 35.2 Å². The van der Waals surface area contributed by atoms with Gasteiger partial charge in [0.15, 0.2) is 5.96 Å². The van der Waals surface area contributed by atoms with Crippen LogP contribution in [0.15, 0.2) is 46.2 Å². The van der Waals surface area contributed by atoms with E-state index in [2.05, 4.69) is 50.2 Å². The molecule has 3 aliphatic carbocycles. The highest BCUT2D eigenvalue weighted by Gasteiger charge is 2.56. The predicted molar refractivity (Wildman–Crippen MR) is 175 cm³/mol. The number of nitrogens with one attached hydrogen (secondary N) is 2. The summed E-state index contributed by atoms with van der Waals surface area (Å²) in [6.45, 7) is 13.5. The number of aliphatic imine (C=N–C) groups is 1. The summed E-state index contributed by atoms with van der Waals surface area (Å²) in [6.07, 6.45) is 2.45. The minimum atomic E-state index is -0.131. The normalized spacial score (nSPS) is 28.5. The number of aromatic nitrogens is 2. The quantitative estimate of drug-likeness (QED) is 0.255. The molecule has 7 rings (SSSR count). The summed E-state index contributed by atoms with van der Waals surface area (Å²) in [5.74, 6) is 3.86. The van der Waals surface area contributed by atoms with Gasteiger partial charge in [-0.3, -0.25) is 9.36 Å². The number of piperazine rings is 1.